The van der Waals surface area contributed by atoms with Crippen LogP contribution in [0.2, 0.25) is 0 Å². The van der Waals surface area contributed by atoms with E-state index in [1.807, 2.05) is 27.7 Å². The number of sulfonamides is 1. The Balaban J connectivity index is 1.73. The molecule has 13 heteroatoms. The molecule has 1 amide bonds. The van der Waals surface area contributed by atoms with Crippen LogP contribution >= 0.6 is 0 Å². The Labute approximate surface area is 291 Å². The number of alkyl halides is 3. The highest BCUT2D eigenvalue weighted by molar-refractivity contribution is 7.88. The van der Waals surface area contributed by atoms with Gasteiger partial charge in [-0.1, -0.05) is 70.9 Å². The maximum absolute atomic E-state index is 14.6. The lowest BCUT2D eigenvalue weighted by Gasteiger charge is -2.39. The normalized spacial score (nSPS) is 19.0. The lowest BCUT2D eigenvalue weighted by Crippen LogP contribution is -2.60. The second-order valence-corrected chi connectivity index (χ2v) is 15.8. The number of hydrogen-bond acceptors (Lipinski definition) is 5. The maximum atomic E-state index is 14.6. The number of H-pyrrole nitrogens is 1. The summed E-state index contributed by atoms with van der Waals surface area (Å²) < 4.78 is 82.7. The number of Topliss-reactive ketones (excluding diaryl/α,β-unsaturated/α-hetero) is 2. The smallest absolute Gasteiger partial charge is 0.358 e. The molecule has 1 aromatic heterocycles. The van der Waals surface area contributed by atoms with Gasteiger partial charge in [-0.3, -0.25) is 14.4 Å². The minimum atomic E-state index is -4.62. The molecular formula is C37H47F4N3O5S. The zero-order valence-corrected chi connectivity index (χ0v) is 30.0. The summed E-state index contributed by atoms with van der Waals surface area (Å²) in [7, 11) is -3.57. The van der Waals surface area contributed by atoms with Crippen LogP contribution in [0.25, 0.3) is 10.9 Å². The molecule has 0 fully saturated rings. The van der Waals surface area contributed by atoms with Crippen molar-refractivity contribution in [3.05, 3.63) is 70.7 Å². The summed E-state index contributed by atoms with van der Waals surface area (Å²) in [5.41, 5.74) is -1.21. The molecule has 1 aliphatic carbocycles. The van der Waals surface area contributed by atoms with Crippen LogP contribution < -0.4 is 10.0 Å². The van der Waals surface area contributed by atoms with Crippen molar-refractivity contribution in [2.24, 2.45) is 23.7 Å². The van der Waals surface area contributed by atoms with Crippen LogP contribution in [0.5, 0.6) is 0 Å². The zero-order chi connectivity index (χ0) is 37.0. The number of carbonyl (C=O) groups is 3. The third-order valence-electron chi connectivity index (χ3n) is 10.5. The van der Waals surface area contributed by atoms with Gasteiger partial charge in [0.2, 0.25) is 15.9 Å². The topological polar surface area (TPSA) is 125 Å². The number of hydrogen-bond donors (Lipinski definition) is 3. The molecule has 2 unspecified atom stereocenters. The van der Waals surface area contributed by atoms with Gasteiger partial charge in [0.1, 0.15) is 17.1 Å². The number of para-hydroxylation sites is 1. The van der Waals surface area contributed by atoms with Gasteiger partial charge in [-0.25, -0.2) is 17.5 Å². The molecule has 0 aliphatic heterocycles. The number of aromatic amines is 1. The lowest BCUT2D eigenvalue weighted by molar-refractivity contribution is -0.137. The molecule has 0 saturated carbocycles. The number of amides is 1. The van der Waals surface area contributed by atoms with E-state index in [0.717, 1.165) is 12.3 Å². The first-order valence-corrected chi connectivity index (χ1v) is 19.0. The quantitative estimate of drug-likeness (QED) is 0.142. The Morgan fingerprint density at radius 2 is 1.66 bits per heavy atom. The fourth-order valence-corrected chi connectivity index (χ4v) is 7.48. The molecule has 0 saturated heterocycles. The average molecular weight is 722 g/mol. The summed E-state index contributed by atoms with van der Waals surface area (Å²) in [6.45, 7) is 7.52. The molecule has 0 radical (unpaired) electrons. The molecule has 0 bridgehead atoms. The monoisotopic (exact) mass is 721 g/mol. The third kappa shape index (κ3) is 9.20. The summed E-state index contributed by atoms with van der Waals surface area (Å²) in [5.74, 6) is -3.43. The standard InChI is InChI=1S/C37H47F4N3O5S/c1-6-22(3)25(21-42-50(5,48)49)18-33(46)36(16-15-32-29(20-36)27-12-10-13-30(34(27)43-32)37(39,40)41)44-35(47)28(23(4)7-2)19-26(45)17-24-11-8-9-14-31(24)38/h8-14,22-23,25,28,42-43H,6-7,15-21H2,1-5H3,(H,44,47)/t22?,23?,25-,28+,36-/m1/s1. The van der Waals surface area contributed by atoms with Crippen LogP contribution in [0.4, 0.5) is 17.6 Å². The van der Waals surface area contributed by atoms with E-state index in [1.54, 1.807) is 12.1 Å². The fourth-order valence-electron chi connectivity index (χ4n) is 6.96. The van der Waals surface area contributed by atoms with Gasteiger partial charge in [-0.05, 0) is 53.9 Å². The van der Waals surface area contributed by atoms with E-state index in [2.05, 4.69) is 15.0 Å². The summed E-state index contributed by atoms with van der Waals surface area (Å²) in [6, 6.07) is 9.77. The van der Waals surface area contributed by atoms with E-state index in [-0.39, 0.29) is 79.6 Å². The predicted octanol–water partition coefficient (Wildman–Crippen LogP) is 6.70. The van der Waals surface area contributed by atoms with E-state index in [9.17, 15) is 40.4 Å². The zero-order valence-electron chi connectivity index (χ0n) is 29.2. The first kappa shape index (κ1) is 39.2. The number of carbonyl (C=O) groups excluding carboxylic acids is 3. The van der Waals surface area contributed by atoms with Crippen LogP contribution in [-0.2, 0) is 49.8 Å². The van der Waals surface area contributed by atoms with E-state index < -0.39 is 50.9 Å². The number of nitrogens with one attached hydrogen (secondary N) is 3. The number of aryl methyl sites for hydroxylation is 1. The second kappa shape index (κ2) is 15.8. The molecule has 5 atom stereocenters. The molecule has 1 heterocycles. The fraction of sp³-hybridized carbons (Fsp3) is 0.541. The molecule has 8 nitrogen and oxygen atoms in total. The van der Waals surface area contributed by atoms with Crippen LogP contribution in [0.15, 0.2) is 42.5 Å². The lowest BCUT2D eigenvalue weighted by atomic mass is 9.72. The molecule has 1 aliphatic rings. The molecule has 50 heavy (non-hydrogen) atoms. The molecule has 274 valence electrons. The second-order valence-electron chi connectivity index (χ2n) is 14.0. The summed E-state index contributed by atoms with van der Waals surface area (Å²) in [6.07, 6.45) is -2.74. The number of aromatic nitrogens is 1. The van der Waals surface area contributed by atoms with Gasteiger partial charge in [0.25, 0.3) is 0 Å². The van der Waals surface area contributed by atoms with Crippen molar-refractivity contribution < 1.29 is 40.4 Å². The van der Waals surface area contributed by atoms with Crippen LogP contribution in [0, 0.1) is 29.5 Å². The van der Waals surface area contributed by atoms with E-state index in [1.165, 1.54) is 24.3 Å². The van der Waals surface area contributed by atoms with Crippen molar-refractivity contribution in [2.45, 2.75) is 90.8 Å². The van der Waals surface area contributed by atoms with Gasteiger partial charge >= 0.3 is 6.18 Å². The average Bonchev–Trinajstić information content (AvgIpc) is 3.42. The van der Waals surface area contributed by atoms with Crippen LogP contribution in [-0.4, -0.2) is 49.2 Å². The van der Waals surface area contributed by atoms with Gasteiger partial charge in [-0.15, -0.1) is 0 Å². The third-order valence-corrected chi connectivity index (χ3v) is 11.2. The molecule has 0 spiro atoms. The van der Waals surface area contributed by atoms with Gasteiger partial charge in [0.05, 0.1) is 17.3 Å². The number of benzene rings is 2. The first-order chi connectivity index (χ1) is 23.4. The Morgan fingerprint density at radius 3 is 2.28 bits per heavy atom. The minimum absolute atomic E-state index is 0.00305. The molecule has 4 rings (SSSR count). The predicted molar refractivity (Wildman–Crippen MR) is 184 cm³/mol. The van der Waals surface area contributed by atoms with Crippen molar-refractivity contribution in [1.82, 2.24) is 15.0 Å². The molecule has 2 aromatic carbocycles. The van der Waals surface area contributed by atoms with Crippen molar-refractivity contribution in [1.29, 1.82) is 0 Å². The van der Waals surface area contributed by atoms with Crippen LogP contribution in [0.3, 0.4) is 0 Å². The van der Waals surface area contributed by atoms with Gasteiger partial charge in [0.15, 0.2) is 5.78 Å². The van der Waals surface area contributed by atoms with Gasteiger partial charge in [0, 0.05) is 49.2 Å². The summed E-state index contributed by atoms with van der Waals surface area (Å²) in [5, 5.41) is 3.32. The highest BCUT2D eigenvalue weighted by Gasteiger charge is 2.46. The molecular weight excluding hydrogens is 674 g/mol. The Morgan fingerprint density at radius 1 is 0.980 bits per heavy atom. The number of fused-ring (bicyclic) bond motifs is 3. The first-order valence-electron chi connectivity index (χ1n) is 17.1. The van der Waals surface area contributed by atoms with Crippen molar-refractivity contribution in [3.8, 4) is 0 Å². The van der Waals surface area contributed by atoms with Crippen molar-refractivity contribution in [3.63, 3.8) is 0 Å². The largest absolute Gasteiger partial charge is 0.418 e. The highest BCUT2D eigenvalue weighted by atomic mass is 32.2. The summed E-state index contributed by atoms with van der Waals surface area (Å²) >= 11 is 0. The Hall–Kier alpha value is -3.58. The molecule has 3 aromatic rings. The molecule has 3 N–H and O–H groups in total. The van der Waals surface area contributed by atoms with E-state index in [4.69, 9.17) is 0 Å². The van der Waals surface area contributed by atoms with Gasteiger partial charge < -0.3 is 10.3 Å². The number of ketones is 2. The maximum Gasteiger partial charge on any atom is 0.418 e. The van der Waals surface area contributed by atoms with Crippen molar-refractivity contribution in [2.75, 3.05) is 12.8 Å². The number of rotatable bonds is 16. The van der Waals surface area contributed by atoms with Crippen molar-refractivity contribution >= 4 is 38.4 Å². The Bertz CT molecular complexity index is 1820. The van der Waals surface area contributed by atoms with E-state index >= 15 is 0 Å². The van der Waals surface area contributed by atoms with Crippen LogP contribution in [0.1, 0.15) is 82.2 Å². The minimum Gasteiger partial charge on any atom is -0.358 e. The summed E-state index contributed by atoms with van der Waals surface area (Å²) in [4.78, 5) is 45.0. The highest BCUT2D eigenvalue weighted by Crippen LogP contribution is 2.41. The van der Waals surface area contributed by atoms with E-state index in [0.29, 0.717) is 29.5 Å². The Kier molecular flexibility index (Phi) is 12.4. The number of halogens is 4. The SMILES string of the molecule is CCC(C)[C@@H](CNS(C)(=O)=O)CC(=O)[C@@]1(NC(=O)[C@@H](CC(=O)Cc2ccccc2F)C(C)CC)CCc2[nH]c3c(C(F)(F)F)cccc3c2C1. The van der Waals surface area contributed by atoms with Gasteiger partial charge in [-0.2, -0.15) is 13.2 Å².